The minimum atomic E-state index is -4.24. The van der Waals surface area contributed by atoms with Crippen molar-refractivity contribution in [2.75, 3.05) is 11.9 Å². The van der Waals surface area contributed by atoms with Crippen LogP contribution in [0.1, 0.15) is 31.1 Å². The van der Waals surface area contributed by atoms with Crippen LogP contribution in [0.4, 0.5) is 5.69 Å². The number of rotatable bonds is 14. The highest BCUT2D eigenvalue weighted by Gasteiger charge is 2.43. The van der Waals surface area contributed by atoms with Gasteiger partial charge in [-0.15, -0.1) is 0 Å². The number of ether oxygens (including phenoxy) is 1. The number of hydrogen-bond acceptors (Lipinski definition) is 9. The second-order valence-electron chi connectivity index (χ2n) is 10.4. The first kappa shape index (κ1) is 32.8. The molecule has 44 heavy (non-hydrogen) atoms. The number of likely N-dealkylation sites (tertiary alicyclic amines) is 1. The molecule has 1 fully saturated rings. The van der Waals surface area contributed by atoms with Crippen molar-refractivity contribution in [2.45, 2.75) is 61.9 Å². The quantitative estimate of drug-likeness (QED) is 0.172. The zero-order chi connectivity index (χ0) is 32.0. The lowest BCUT2D eigenvalue weighted by atomic mass is 10.0. The summed E-state index contributed by atoms with van der Waals surface area (Å²) in [7, 11) is -4.24. The SMILES string of the molecule is C[C@H](N[C@@H](CCc1ccccc1)C(=O)O)C(=O)N1C[C@H](Oc2cc(S(N)(=O)=O)c(Cl)cc2NCc2ccco2)C[C@H]1C(=O)O. The molecule has 1 aromatic heterocycles. The standard InChI is InChI=1S/C29H33ClN4O9S/c1-17(33-22(28(36)37)10-9-18-6-3-2-4-7-18)27(35)34-16-20(12-24(34)29(38)39)43-25-14-26(44(31,40)41)21(30)13-23(25)32-15-19-8-5-11-42-19/h2-8,11,13-14,17,20,22,24,32-33H,9-10,12,15-16H2,1H3,(H,36,37)(H,38,39)(H2,31,40,41)/t17-,20+,22-,24-/m0/s1. The van der Waals surface area contributed by atoms with Crippen molar-refractivity contribution >= 4 is 45.2 Å². The molecule has 1 aliphatic heterocycles. The van der Waals surface area contributed by atoms with Gasteiger partial charge in [-0.2, -0.15) is 0 Å². The number of hydrogen-bond donors (Lipinski definition) is 5. The Labute approximate surface area is 259 Å². The molecule has 1 aliphatic rings. The lowest BCUT2D eigenvalue weighted by Gasteiger charge is -2.27. The molecule has 236 valence electrons. The monoisotopic (exact) mass is 648 g/mol. The summed E-state index contributed by atoms with van der Waals surface area (Å²) in [5, 5.41) is 30.7. The van der Waals surface area contributed by atoms with Crippen LogP contribution in [0, 0.1) is 0 Å². The van der Waals surface area contributed by atoms with E-state index < -0.39 is 57.0 Å². The highest BCUT2D eigenvalue weighted by atomic mass is 35.5. The Bertz CT molecular complexity index is 1590. The highest BCUT2D eigenvalue weighted by Crippen LogP contribution is 2.36. The molecule has 0 saturated carbocycles. The number of anilines is 1. The van der Waals surface area contributed by atoms with Gasteiger partial charge in [-0.25, -0.2) is 18.4 Å². The molecule has 4 atom stereocenters. The summed E-state index contributed by atoms with van der Waals surface area (Å²) >= 11 is 6.19. The third-order valence-corrected chi connectivity index (χ3v) is 8.56. The van der Waals surface area contributed by atoms with Gasteiger partial charge in [0.05, 0.1) is 36.1 Å². The molecule has 13 nitrogen and oxygen atoms in total. The molecule has 0 unspecified atom stereocenters. The van der Waals surface area contributed by atoms with E-state index in [9.17, 15) is 33.0 Å². The predicted molar refractivity (Wildman–Crippen MR) is 160 cm³/mol. The molecule has 3 aromatic rings. The smallest absolute Gasteiger partial charge is 0.326 e. The number of sulfonamides is 1. The van der Waals surface area contributed by atoms with Gasteiger partial charge < -0.3 is 29.6 Å². The van der Waals surface area contributed by atoms with E-state index in [0.717, 1.165) is 16.5 Å². The van der Waals surface area contributed by atoms with Gasteiger partial charge in [0.1, 0.15) is 34.6 Å². The van der Waals surface area contributed by atoms with Crippen LogP contribution in [0.3, 0.4) is 0 Å². The average Bonchev–Trinajstić information content (AvgIpc) is 3.65. The fourth-order valence-corrected chi connectivity index (χ4v) is 6.07. The van der Waals surface area contributed by atoms with Crippen LogP contribution in [0.15, 0.2) is 70.2 Å². The van der Waals surface area contributed by atoms with E-state index in [1.165, 1.54) is 19.3 Å². The molecule has 2 aromatic carbocycles. The highest BCUT2D eigenvalue weighted by molar-refractivity contribution is 7.89. The molecule has 1 saturated heterocycles. The van der Waals surface area contributed by atoms with E-state index >= 15 is 0 Å². The predicted octanol–water partition coefficient (Wildman–Crippen LogP) is 2.69. The molecule has 6 N–H and O–H groups in total. The third kappa shape index (κ3) is 8.29. The number of carbonyl (C=O) groups is 3. The fourth-order valence-electron chi connectivity index (χ4n) is 4.98. The van der Waals surface area contributed by atoms with Gasteiger partial charge in [-0.3, -0.25) is 14.9 Å². The molecular weight excluding hydrogens is 616 g/mol. The number of nitrogens with zero attached hydrogens (tertiary/aromatic N) is 1. The maximum absolute atomic E-state index is 13.4. The molecule has 2 heterocycles. The van der Waals surface area contributed by atoms with Crippen LogP contribution >= 0.6 is 11.6 Å². The van der Waals surface area contributed by atoms with Crippen molar-refractivity contribution in [3.05, 3.63) is 77.2 Å². The third-order valence-electron chi connectivity index (χ3n) is 7.18. The first-order valence-corrected chi connectivity index (χ1v) is 15.6. The minimum absolute atomic E-state index is 0.0199. The van der Waals surface area contributed by atoms with Crippen molar-refractivity contribution in [1.29, 1.82) is 0 Å². The van der Waals surface area contributed by atoms with Gasteiger partial charge in [0.2, 0.25) is 15.9 Å². The maximum Gasteiger partial charge on any atom is 0.326 e. The van der Waals surface area contributed by atoms with E-state index in [1.54, 1.807) is 12.1 Å². The van der Waals surface area contributed by atoms with Crippen LogP contribution in [0.25, 0.3) is 0 Å². The summed E-state index contributed by atoms with van der Waals surface area (Å²) in [4.78, 5) is 38.3. The number of nitrogens with two attached hydrogens (primary N) is 1. The van der Waals surface area contributed by atoms with Gasteiger partial charge in [0, 0.05) is 12.5 Å². The molecule has 15 heteroatoms. The summed E-state index contributed by atoms with van der Waals surface area (Å²) in [5.74, 6) is -2.44. The Balaban J connectivity index is 1.50. The van der Waals surface area contributed by atoms with Crippen molar-refractivity contribution < 1.29 is 42.2 Å². The van der Waals surface area contributed by atoms with Crippen molar-refractivity contribution in [3.63, 3.8) is 0 Å². The number of nitrogens with one attached hydrogen (secondary N) is 2. The van der Waals surface area contributed by atoms with E-state index in [4.69, 9.17) is 25.9 Å². The fraction of sp³-hybridized carbons (Fsp3) is 0.345. The zero-order valence-corrected chi connectivity index (χ0v) is 25.3. The van der Waals surface area contributed by atoms with Crippen LogP contribution < -0.4 is 20.5 Å². The lowest BCUT2D eigenvalue weighted by Crippen LogP contribution is -2.53. The molecule has 0 bridgehead atoms. The number of halogens is 1. The number of carboxylic acid groups (broad SMARTS) is 2. The number of aliphatic carboxylic acids is 2. The molecular formula is C29H33ClN4O9S. The molecule has 1 amide bonds. The summed E-state index contributed by atoms with van der Waals surface area (Å²) in [6, 6.07) is 11.8. The number of aryl methyl sites for hydroxylation is 1. The van der Waals surface area contributed by atoms with E-state index in [-0.39, 0.29) is 42.4 Å². The van der Waals surface area contributed by atoms with Crippen molar-refractivity contribution in [1.82, 2.24) is 10.2 Å². The Morgan fingerprint density at radius 1 is 1.16 bits per heavy atom. The summed E-state index contributed by atoms with van der Waals surface area (Å²) in [5.41, 5.74) is 1.23. The molecule has 0 radical (unpaired) electrons. The first-order valence-electron chi connectivity index (χ1n) is 13.7. The van der Waals surface area contributed by atoms with E-state index in [0.29, 0.717) is 12.2 Å². The second kappa shape index (κ2) is 14.1. The number of carbonyl (C=O) groups excluding carboxylic acids is 1. The molecule has 0 spiro atoms. The molecule has 4 rings (SSSR count). The first-order chi connectivity index (χ1) is 20.8. The number of benzene rings is 2. The largest absolute Gasteiger partial charge is 0.486 e. The normalized spacial score (nSPS) is 18.0. The Morgan fingerprint density at radius 3 is 2.50 bits per heavy atom. The number of furan rings is 1. The number of primary sulfonamides is 1. The number of amides is 1. The maximum atomic E-state index is 13.4. The van der Waals surface area contributed by atoms with E-state index in [1.807, 2.05) is 30.3 Å². The number of carboxylic acids is 2. The Kier molecular flexibility index (Phi) is 10.5. The average molecular weight is 649 g/mol. The van der Waals surface area contributed by atoms with Gasteiger partial charge >= 0.3 is 11.9 Å². The van der Waals surface area contributed by atoms with Gasteiger partial charge in [0.25, 0.3) is 0 Å². The molecule has 0 aliphatic carbocycles. The minimum Gasteiger partial charge on any atom is -0.486 e. The Morgan fingerprint density at radius 2 is 1.89 bits per heavy atom. The van der Waals surface area contributed by atoms with Crippen LogP contribution in [0.5, 0.6) is 5.75 Å². The lowest BCUT2D eigenvalue weighted by molar-refractivity contribution is -0.149. The van der Waals surface area contributed by atoms with Gasteiger partial charge in [0.15, 0.2) is 0 Å². The topological polar surface area (TPSA) is 201 Å². The summed E-state index contributed by atoms with van der Waals surface area (Å²) < 4.78 is 35.7. The van der Waals surface area contributed by atoms with Crippen molar-refractivity contribution in [2.24, 2.45) is 5.14 Å². The summed E-state index contributed by atoms with van der Waals surface area (Å²) in [6.45, 7) is 1.51. The van der Waals surface area contributed by atoms with E-state index in [2.05, 4.69) is 10.6 Å². The van der Waals surface area contributed by atoms with Crippen LogP contribution in [-0.2, 0) is 37.4 Å². The van der Waals surface area contributed by atoms with Crippen LogP contribution in [-0.4, -0.2) is 72.2 Å². The second-order valence-corrected chi connectivity index (χ2v) is 12.3. The summed E-state index contributed by atoms with van der Waals surface area (Å²) in [6.07, 6.45) is 1.18. The zero-order valence-electron chi connectivity index (χ0n) is 23.7. The van der Waals surface area contributed by atoms with Gasteiger partial charge in [-0.1, -0.05) is 41.9 Å². The Hall–Kier alpha value is -4.11. The van der Waals surface area contributed by atoms with Gasteiger partial charge in [-0.05, 0) is 43.5 Å². The van der Waals surface area contributed by atoms with Crippen LogP contribution in [0.2, 0.25) is 5.02 Å². The van der Waals surface area contributed by atoms with Crippen molar-refractivity contribution in [3.8, 4) is 5.75 Å².